The number of hydrogen-bond acceptors (Lipinski definition) is 4. The van der Waals surface area contributed by atoms with Crippen LogP contribution in [0.1, 0.15) is 49.7 Å². The van der Waals surface area contributed by atoms with Crippen LogP contribution in [0.5, 0.6) is 11.5 Å². The fraction of sp³-hybridized carbons (Fsp3) is 0.304. The van der Waals surface area contributed by atoms with Crippen LogP contribution >= 0.6 is 0 Å². The minimum absolute atomic E-state index is 0.295. The average molecular weight is 362 g/mol. The Morgan fingerprint density at radius 3 is 2.04 bits per heavy atom. The van der Waals surface area contributed by atoms with Crippen LogP contribution in [0.2, 0.25) is 0 Å². The third kappa shape index (κ3) is 2.59. The summed E-state index contributed by atoms with van der Waals surface area (Å²) in [5.41, 5.74) is 2.38. The molecule has 2 aromatic carbocycles. The van der Waals surface area contributed by atoms with Crippen LogP contribution in [0.4, 0.5) is 0 Å². The van der Waals surface area contributed by atoms with Crippen LogP contribution in [0.15, 0.2) is 49.1 Å². The normalized spacial score (nSPS) is 22.4. The molecule has 4 nitrogen and oxygen atoms in total. The summed E-state index contributed by atoms with van der Waals surface area (Å²) in [5.74, 6) is 1.26. The summed E-state index contributed by atoms with van der Waals surface area (Å²) in [5, 5.41) is 1.55. The second kappa shape index (κ2) is 6.38. The van der Waals surface area contributed by atoms with Gasteiger partial charge < -0.3 is 9.47 Å². The molecule has 27 heavy (non-hydrogen) atoms. The van der Waals surface area contributed by atoms with E-state index in [0.717, 1.165) is 34.7 Å². The lowest BCUT2D eigenvalue weighted by Gasteiger charge is -2.24. The van der Waals surface area contributed by atoms with Gasteiger partial charge >= 0.3 is 11.9 Å². The molecule has 0 radical (unpaired) electrons. The minimum atomic E-state index is -0.482. The summed E-state index contributed by atoms with van der Waals surface area (Å²) in [6.07, 6.45) is 3.26. The number of esters is 2. The van der Waals surface area contributed by atoms with E-state index in [2.05, 4.69) is 20.1 Å². The van der Waals surface area contributed by atoms with Gasteiger partial charge in [0.1, 0.15) is 11.5 Å². The molecule has 1 saturated carbocycles. The highest BCUT2D eigenvalue weighted by molar-refractivity contribution is 6.01. The lowest BCUT2D eigenvalue weighted by atomic mass is 9.87. The van der Waals surface area contributed by atoms with Gasteiger partial charge in [0.15, 0.2) is 0 Å². The van der Waals surface area contributed by atoms with Crippen molar-refractivity contribution < 1.29 is 19.1 Å². The molecule has 1 fully saturated rings. The van der Waals surface area contributed by atoms with Crippen molar-refractivity contribution >= 4 is 22.7 Å². The van der Waals surface area contributed by atoms with E-state index >= 15 is 0 Å². The number of fused-ring (bicyclic) bond motifs is 6. The Hall–Kier alpha value is -2.88. The van der Waals surface area contributed by atoms with Crippen molar-refractivity contribution in [3.8, 4) is 11.5 Å². The van der Waals surface area contributed by atoms with Crippen molar-refractivity contribution in [3.63, 3.8) is 0 Å². The quantitative estimate of drug-likeness (QED) is 0.435. The van der Waals surface area contributed by atoms with Crippen LogP contribution < -0.4 is 9.47 Å². The van der Waals surface area contributed by atoms with Crippen LogP contribution in [0.25, 0.3) is 10.8 Å². The summed E-state index contributed by atoms with van der Waals surface area (Å²) >= 11 is 0. The fourth-order valence-corrected chi connectivity index (χ4v) is 4.67. The Bertz CT molecular complexity index is 1000. The molecule has 2 aromatic rings. The van der Waals surface area contributed by atoms with Crippen molar-refractivity contribution in [2.45, 2.75) is 38.5 Å². The Balaban J connectivity index is 2.03. The molecule has 0 amide bonds. The van der Waals surface area contributed by atoms with Crippen LogP contribution in [-0.4, -0.2) is 11.9 Å². The van der Waals surface area contributed by atoms with Gasteiger partial charge in [-0.1, -0.05) is 44.3 Å². The van der Waals surface area contributed by atoms with E-state index in [0.29, 0.717) is 34.8 Å². The third-order valence-electron chi connectivity index (χ3n) is 5.91. The maximum absolute atomic E-state index is 12.3. The van der Waals surface area contributed by atoms with Crippen molar-refractivity contribution in [3.05, 3.63) is 60.2 Å². The van der Waals surface area contributed by atoms with E-state index in [1.54, 1.807) is 6.92 Å². The maximum Gasteiger partial charge on any atom is 0.338 e. The number of hydrogen-bond donors (Lipinski definition) is 0. The van der Waals surface area contributed by atoms with Gasteiger partial charge in [-0.15, -0.1) is 0 Å². The molecule has 0 aromatic heterocycles. The summed E-state index contributed by atoms with van der Waals surface area (Å²) in [7, 11) is 0. The van der Waals surface area contributed by atoms with E-state index < -0.39 is 11.9 Å². The average Bonchev–Trinajstić information content (AvgIpc) is 3.16. The van der Waals surface area contributed by atoms with Crippen LogP contribution in [0, 0.1) is 5.92 Å². The van der Waals surface area contributed by atoms with E-state index in [1.807, 2.05) is 24.3 Å². The highest BCUT2D eigenvalue weighted by Crippen LogP contribution is 2.63. The molecule has 0 aliphatic heterocycles. The van der Waals surface area contributed by atoms with Crippen molar-refractivity contribution in [1.82, 2.24) is 0 Å². The van der Waals surface area contributed by atoms with Crippen LogP contribution in [0.3, 0.4) is 0 Å². The zero-order chi connectivity index (χ0) is 19.3. The molecular weight excluding hydrogens is 340 g/mol. The van der Waals surface area contributed by atoms with Gasteiger partial charge in [-0.25, -0.2) is 9.59 Å². The van der Waals surface area contributed by atoms with Crippen molar-refractivity contribution in [2.24, 2.45) is 5.92 Å². The number of benzene rings is 2. The molecule has 0 heterocycles. The molecule has 3 atom stereocenters. The van der Waals surface area contributed by atoms with E-state index in [9.17, 15) is 9.59 Å². The molecule has 0 spiro atoms. The Kier molecular flexibility index (Phi) is 4.14. The molecule has 2 aliphatic carbocycles. The van der Waals surface area contributed by atoms with Crippen molar-refractivity contribution in [2.75, 3.05) is 0 Å². The molecule has 0 saturated heterocycles. The van der Waals surface area contributed by atoms with Gasteiger partial charge in [-0.3, -0.25) is 0 Å². The lowest BCUT2D eigenvalue weighted by Crippen LogP contribution is -2.14. The number of carbonyl (C=O) groups is 2. The van der Waals surface area contributed by atoms with Crippen molar-refractivity contribution in [1.29, 1.82) is 0 Å². The largest absolute Gasteiger partial charge is 0.422 e. The second-order valence-corrected chi connectivity index (χ2v) is 7.48. The first-order chi connectivity index (χ1) is 12.9. The topological polar surface area (TPSA) is 52.6 Å². The molecule has 0 N–H and O–H groups in total. The first-order valence-electron chi connectivity index (χ1n) is 9.24. The van der Waals surface area contributed by atoms with E-state index in [-0.39, 0.29) is 0 Å². The highest BCUT2D eigenvalue weighted by Gasteiger charge is 2.48. The fourth-order valence-electron chi connectivity index (χ4n) is 4.67. The summed E-state index contributed by atoms with van der Waals surface area (Å²) in [6.45, 7) is 11.1. The predicted molar refractivity (Wildman–Crippen MR) is 104 cm³/mol. The van der Waals surface area contributed by atoms with Gasteiger partial charge in [-0.05, 0) is 37.5 Å². The second-order valence-electron chi connectivity index (χ2n) is 7.48. The smallest absolute Gasteiger partial charge is 0.338 e. The number of ether oxygens (including phenoxy) is 2. The Morgan fingerprint density at radius 1 is 1.04 bits per heavy atom. The monoisotopic (exact) mass is 362 g/mol. The molecular formula is C23H22O4. The molecule has 2 bridgehead atoms. The summed E-state index contributed by atoms with van der Waals surface area (Å²) in [4.78, 5) is 24.4. The van der Waals surface area contributed by atoms with Gasteiger partial charge in [-0.2, -0.15) is 0 Å². The van der Waals surface area contributed by atoms with Gasteiger partial charge in [0.2, 0.25) is 0 Å². The lowest BCUT2D eigenvalue weighted by molar-refractivity contribution is -0.130. The number of carbonyl (C=O) groups excluding carboxylic acids is 2. The van der Waals surface area contributed by atoms with E-state index in [4.69, 9.17) is 9.47 Å². The van der Waals surface area contributed by atoms with Gasteiger partial charge in [0.05, 0.1) is 0 Å². The first kappa shape index (κ1) is 17.5. The zero-order valence-corrected chi connectivity index (χ0v) is 15.6. The maximum atomic E-state index is 12.3. The molecule has 138 valence electrons. The third-order valence-corrected chi connectivity index (χ3v) is 5.91. The molecule has 4 heteroatoms. The molecule has 3 unspecified atom stereocenters. The summed E-state index contributed by atoms with van der Waals surface area (Å²) < 4.78 is 11.5. The summed E-state index contributed by atoms with van der Waals surface area (Å²) in [6, 6.07) is 7.58. The SMILES string of the molecule is C=CC(=O)Oc1c2c(c(OC(=O)C(=C)C)c3ccccc13)C1CCC2C1C. The Labute approximate surface area is 158 Å². The van der Waals surface area contributed by atoms with Crippen LogP contribution in [-0.2, 0) is 9.59 Å². The predicted octanol–water partition coefficient (Wildman–Crippen LogP) is 5.02. The minimum Gasteiger partial charge on any atom is -0.422 e. The first-order valence-corrected chi connectivity index (χ1v) is 9.24. The Morgan fingerprint density at radius 2 is 1.56 bits per heavy atom. The zero-order valence-electron chi connectivity index (χ0n) is 15.6. The van der Waals surface area contributed by atoms with E-state index in [1.165, 1.54) is 6.08 Å². The number of rotatable bonds is 4. The highest BCUT2D eigenvalue weighted by atomic mass is 16.5. The van der Waals surface area contributed by atoms with Gasteiger partial charge in [0.25, 0.3) is 0 Å². The molecule has 4 rings (SSSR count). The molecule has 2 aliphatic rings. The standard InChI is InChI=1S/C23H22O4/c1-5-18(24)26-21-16-8-6-7-9-17(16)22(27-23(25)12(2)3)20-15-11-10-14(13(15)4)19(20)21/h5-9,13-15H,1-2,10-11H2,3-4H3. The van der Waals surface area contributed by atoms with Gasteiger partial charge in [0, 0.05) is 33.5 Å².